The number of hydrogen-bond acceptors (Lipinski definition) is 5. The van der Waals surface area contributed by atoms with Crippen LogP contribution in [0.15, 0.2) is 41.2 Å². The summed E-state index contributed by atoms with van der Waals surface area (Å²) in [7, 11) is 3.45. The molecule has 9 heteroatoms. The quantitative estimate of drug-likeness (QED) is 0.517. The Balaban J connectivity index is 2.07. The van der Waals surface area contributed by atoms with E-state index < -0.39 is 4.92 Å². The smallest absolute Gasteiger partial charge is 0.293 e. The Hall–Kier alpha value is -2.90. The van der Waals surface area contributed by atoms with Crippen LogP contribution in [0.4, 0.5) is 11.4 Å². The second kappa shape index (κ2) is 7.38. The molecule has 1 heterocycles. The average molecular weight is 405 g/mol. The number of fused-ring (bicyclic) bond motifs is 1. The van der Waals surface area contributed by atoms with Crippen molar-refractivity contribution in [2.45, 2.75) is 0 Å². The van der Waals surface area contributed by atoms with Crippen molar-refractivity contribution in [3.05, 3.63) is 73.3 Å². The second-order valence-electron chi connectivity index (χ2n) is 5.97. The molecule has 0 amide bonds. The van der Waals surface area contributed by atoms with E-state index in [-0.39, 0.29) is 22.1 Å². The number of aromatic nitrogens is 2. The van der Waals surface area contributed by atoms with Gasteiger partial charge in [0.05, 0.1) is 20.9 Å². The topological polar surface area (TPSA) is 92.1 Å². The van der Waals surface area contributed by atoms with Gasteiger partial charge in [0.15, 0.2) is 5.82 Å². The third kappa shape index (κ3) is 3.94. The average Bonchev–Trinajstić information content (AvgIpc) is 2.61. The summed E-state index contributed by atoms with van der Waals surface area (Å²) in [6.07, 6.45) is 1.51. The SMILES string of the molecule is CN(C)c1ccc(/C=C(\Cl)c2nc3ccc(Cl)cc3c(=O)[nH]2)cc1[N+](=O)[O-]. The van der Waals surface area contributed by atoms with Crippen molar-refractivity contribution in [2.75, 3.05) is 19.0 Å². The van der Waals surface area contributed by atoms with Crippen LogP contribution in [0, 0.1) is 10.1 Å². The number of nitrogens with zero attached hydrogens (tertiary/aromatic N) is 3. The van der Waals surface area contributed by atoms with E-state index in [1.165, 1.54) is 18.2 Å². The molecule has 138 valence electrons. The zero-order chi connectivity index (χ0) is 19.7. The number of nitro groups is 1. The molecule has 0 unspecified atom stereocenters. The van der Waals surface area contributed by atoms with Crippen molar-refractivity contribution < 1.29 is 4.92 Å². The highest BCUT2D eigenvalue weighted by Crippen LogP contribution is 2.30. The molecule has 1 aromatic heterocycles. The van der Waals surface area contributed by atoms with Crippen LogP contribution in [0.5, 0.6) is 0 Å². The molecule has 0 saturated heterocycles. The molecule has 0 bridgehead atoms. The van der Waals surface area contributed by atoms with Gasteiger partial charge >= 0.3 is 0 Å². The van der Waals surface area contributed by atoms with Gasteiger partial charge in [-0.1, -0.05) is 29.3 Å². The van der Waals surface area contributed by atoms with Crippen LogP contribution >= 0.6 is 23.2 Å². The molecule has 0 radical (unpaired) electrons. The summed E-state index contributed by atoms with van der Waals surface area (Å²) in [5.41, 5.74) is 1.00. The van der Waals surface area contributed by atoms with Gasteiger partial charge in [-0.25, -0.2) is 4.98 Å². The summed E-state index contributed by atoms with van der Waals surface area (Å²) in [6, 6.07) is 9.51. The molecule has 1 N–H and O–H groups in total. The van der Waals surface area contributed by atoms with E-state index in [4.69, 9.17) is 23.2 Å². The third-order valence-corrected chi connectivity index (χ3v) is 4.39. The molecular weight excluding hydrogens is 391 g/mol. The third-order valence-electron chi connectivity index (χ3n) is 3.86. The molecule has 0 aliphatic rings. The van der Waals surface area contributed by atoms with Crippen LogP contribution < -0.4 is 10.5 Å². The Kier molecular flexibility index (Phi) is 5.16. The largest absolute Gasteiger partial charge is 0.372 e. The Labute approximate surface area is 164 Å². The van der Waals surface area contributed by atoms with Crippen LogP contribution in [0.3, 0.4) is 0 Å². The molecule has 0 saturated carbocycles. The van der Waals surface area contributed by atoms with Gasteiger partial charge in [-0.15, -0.1) is 0 Å². The molecule has 0 atom stereocenters. The first-order chi connectivity index (χ1) is 12.8. The Bertz CT molecular complexity index is 1140. The first kappa shape index (κ1) is 18.9. The number of nitrogens with one attached hydrogen (secondary N) is 1. The Morgan fingerprint density at radius 2 is 2.00 bits per heavy atom. The fraction of sp³-hybridized carbons (Fsp3) is 0.111. The van der Waals surface area contributed by atoms with E-state index >= 15 is 0 Å². The summed E-state index contributed by atoms with van der Waals surface area (Å²) >= 11 is 12.2. The van der Waals surface area contributed by atoms with E-state index in [1.807, 2.05) is 0 Å². The molecule has 0 spiro atoms. The van der Waals surface area contributed by atoms with Gasteiger partial charge in [0, 0.05) is 25.2 Å². The second-order valence-corrected chi connectivity index (χ2v) is 6.81. The fourth-order valence-corrected chi connectivity index (χ4v) is 2.98. The summed E-state index contributed by atoms with van der Waals surface area (Å²) in [5.74, 6) is 0.163. The Morgan fingerprint density at radius 3 is 2.67 bits per heavy atom. The predicted octanol–water partition coefficient (Wildman–Crippen LogP) is 4.29. The van der Waals surface area contributed by atoms with Gasteiger partial charge in [0.25, 0.3) is 11.2 Å². The number of hydrogen-bond donors (Lipinski definition) is 1. The van der Waals surface area contributed by atoms with E-state index in [1.54, 1.807) is 43.3 Å². The van der Waals surface area contributed by atoms with Gasteiger partial charge in [-0.05, 0) is 35.9 Å². The first-order valence-corrected chi connectivity index (χ1v) is 8.55. The van der Waals surface area contributed by atoms with E-state index in [0.29, 0.717) is 27.2 Å². The van der Waals surface area contributed by atoms with Gasteiger partial charge in [-0.2, -0.15) is 0 Å². The molecular formula is C18H14Cl2N4O3. The maximum atomic E-state index is 12.2. The van der Waals surface area contributed by atoms with E-state index in [0.717, 1.165) is 0 Å². The van der Waals surface area contributed by atoms with Crippen LogP contribution in [0.1, 0.15) is 11.4 Å². The highest BCUT2D eigenvalue weighted by Gasteiger charge is 2.16. The van der Waals surface area contributed by atoms with E-state index in [2.05, 4.69) is 9.97 Å². The number of nitro benzene ring substituents is 1. The number of rotatable bonds is 4. The van der Waals surface area contributed by atoms with Gasteiger partial charge < -0.3 is 9.88 Å². The lowest BCUT2D eigenvalue weighted by atomic mass is 10.1. The molecule has 3 rings (SSSR count). The van der Waals surface area contributed by atoms with Crippen molar-refractivity contribution in [3.63, 3.8) is 0 Å². The summed E-state index contributed by atoms with van der Waals surface area (Å²) in [5, 5.41) is 12.2. The first-order valence-electron chi connectivity index (χ1n) is 7.79. The number of anilines is 1. The standard InChI is InChI=1S/C18H14Cl2N4O3/c1-23(2)15-6-3-10(8-16(15)24(26)27)7-13(20)17-21-14-5-4-11(19)9-12(14)18(25)22-17/h3-9H,1-2H3,(H,21,22,25)/b13-7-. The van der Waals surface area contributed by atoms with Crippen LogP contribution in [-0.2, 0) is 0 Å². The van der Waals surface area contributed by atoms with Gasteiger partial charge in [0.2, 0.25) is 0 Å². The van der Waals surface area contributed by atoms with Crippen molar-refractivity contribution in [2.24, 2.45) is 0 Å². The van der Waals surface area contributed by atoms with Crippen LogP contribution in [0.25, 0.3) is 22.0 Å². The minimum atomic E-state index is -0.458. The summed E-state index contributed by atoms with van der Waals surface area (Å²) < 4.78 is 0. The summed E-state index contributed by atoms with van der Waals surface area (Å²) in [6.45, 7) is 0. The lowest BCUT2D eigenvalue weighted by Crippen LogP contribution is -2.11. The zero-order valence-corrected chi connectivity index (χ0v) is 15.9. The maximum Gasteiger partial charge on any atom is 0.293 e. The van der Waals surface area contributed by atoms with Crippen molar-refractivity contribution in [1.82, 2.24) is 9.97 Å². The monoisotopic (exact) mass is 404 g/mol. The minimum absolute atomic E-state index is 0.0483. The predicted molar refractivity (Wildman–Crippen MR) is 109 cm³/mol. The van der Waals surface area contributed by atoms with Gasteiger partial charge in [-0.3, -0.25) is 14.9 Å². The van der Waals surface area contributed by atoms with Crippen molar-refractivity contribution in [3.8, 4) is 0 Å². The summed E-state index contributed by atoms with van der Waals surface area (Å²) in [4.78, 5) is 31.7. The normalized spacial score (nSPS) is 11.6. The minimum Gasteiger partial charge on any atom is -0.372 e. The molecule has 7 nitrogen and oxygen atoms in total. The molecule has 2 aromatic carbocycles. The van der Waals surface area contributed by atoms with E-state index in [9.17, 15) is 14.9 Å². The molecule has 3 aromatic rings. The molecule has 0 aliphatic heterocycles. The maximum absolute atomic E-state index is 12.2. The fourth-order valence-electron chi connectivity index (χ4n) is 2.59. The van der Waals surface area contributed by atoms with Crippen LogP contribution in [-0.4, -0.2) is 29.0 Å². The lowest BCUT2D eigenvalue weighted by Gasteiger charge is -2.12. The van der Waals surface area contributed by atoms with Crippen molar-refractivity contribution in [1.29, 1.82) is 0 Å². The number of halogens is 2. The lowest BCUT2D eigenvalue weighted by molar-refractivity contribution is -0.384. The highest BCUT2D eigenvalue weighted by molar-refractivity contribution is 6.50. The number of benzene rings is 2. The molecule has 0 aliphatic carbocycles. The van der Waals surface area contributed by atoms with Crippen LogP contribution in [0.2, 0.25) is 5.02 Å². The number of H-pyrrole nitrogens is 1. The molecule has 27 heavy (non-hydrogen) atoms. The zero-order valence-electron chi connectivity index (χ0n) is 14.4. The van der Waals surface area contributed by atoms with Crippen molar-refractivity contribution >= 4 is 56.6 Å². The Morgan fingerprint density at radius 1 is 1.26 bits per heavy atom. The number of aromatic amines is 1. The highest BCUT2D eigenvalue weighted by atomic mass is 35.5. The van der Waals surface area contributed by atoms with Gasteiger partial charge in [0.1, 0.15) is 5.69 Å². The molecule has 0 fully saturated rings.